The third-order valence-electron chi connectivity index (χ3n) is 1.79. The lowest BCUT2D eigenvalue weighted by Gasteiger charge is -2.07. The molecule has 0 bridgehead atoms. The molecule has 0 saturated heterocycles. The number of hydrogen-bond acceptors (Lipinski definition) is 4. The highest BCUT2D eigenvalue weighted by Gasteiger charge is 2.08. The minimum Gasteiger partial charge on any atom is -0.469 e. The van der Waals surface area contributed by atoms with E-state index in [1.165, 1.54) is 7.11 Å². The topological polar surface area (TPSA) is 51.2 Å². The molecule has 76 valence electrons. The Hall–Kier alpha value is -1.29. The SMILES string of the molecule is CNc1cnc(Cl)cc1CC(=O)OC. The average molecular weight is 215 g/mol. The van der Waals surface area contributed by atoms with Crippen LogP contribution < -0.4 is 5.32 Å². The van der Waals surface area contributed by atoms with Crippen LogP contribution in [0.3, 0.4) is 0 Å². The average Bonchev–Trinajstić information content (AvgIpc) is 2.18. The van der Waals surface area contributed by atoms with Gasteiger partial charge in [0.05, 0.1) is 25.4 Å². The molecule has 0 aliphatic heterocycles. The summed E-state index contributed by atoms with van der Waals surface area (Å²) in [5.41, 5.74) is 1.55. The van der Waals surface area contributed by atoms with E-state index in [1.54, 1.807) is 19.3 Å². The minimum atomic E-state index is -0.302. The Labute approximate surface area is 87.2 Å². The number of ether oxygens (including phenoxy) is 1. The summed E-state index contributed by atoms with van der Waals surface area (Å²) in [6.45, 7) is 0. The molecule has 0 unspecified atom stereocenters. The van der Waals surface area contributed by atoms with E-state index in [0.29, 0.717) is 5.15 Å². The predicted octanol–water partition coefficient (Wildman–Crippen LogP) is 1.49. The fraction of sp³-hybridized carbons (Fsp3) is 0.333. The van der Waals surface area contributed by atoms with Gasteiger partial charge in [0.2, 0.25) is 0 Å². The van der Waals surface area contributed by atoms with Crippen LogP contribution in [-0.4, -0.2) is 25.1 Å². The molecule has 1 rings (SSSR count). The lowest BCUT2D eigenvalue weighted by molar-refractivity contribution is -0.139. The zero-order chi connectivity index (χ0) is 10.6. The van der Waals surface area contributed by atoms with Crippen molar-refractivity contribution in [3.63, 3.8) is 0 Å². The maximum absolute atomic E-state index is 11.0. The van der Waals surface area contributed by atoms with Crippen molar-refractivity contribution in [3.8, 4) is 0 Å². The highest BCUT2D eigenvalue weighted by Crippen LogP contribution is 2.18. The summed E-state index contributed by atoms with van der Waals surface area (Å²) < 4.78 is 4.56. The van der Waals surface area contributed by atoms with Crippen molar-refractivity contribution in [2.45, 2.75) is 6.42 Å². The molecule has 14 heavy (non-hydrogen) atoms. The van der Waals surface area contributed by atoms with Gasteiger partial charge in [0.15, 0.2) is 0 Å². The Kier molecular flexibility index (Phi) is 3.71. The molecular weight excluding hydrogens is 204 g/mol. The fourth-order valence-electron chi connectivity index (χ4n) is 1.07. The third-order valence-corrected chi connectivity index (χ3v) is 1.99. The molecule has 0 amide bonds. The molecule has 1 aromatic rings. The van der Waals surface area contributed by atoms with Gasteiger partial charge in [0, 0.05) is 7.05 Å². The number of pyridine rings is 1. The quantitative estimate of drug-likeness (QED) is 0.612. The van der Waals surface area contributed by atoms with Gasteiger partial charge in [0.1, 0.15) is 5.15 Å². The summed E-state index contributed by atoms with van der Waals surface area (Å²) in [5, 5.41) is 3.29. The predicted molar refractivity (Wildman–Crippen MR) is 54.5 cm³/mol. The number of halogens is 1. The zero-order valence-electron chi connectivity index (χ0n) is 8.00. The van der Waals surface area contributed by atoms with E-state index in [1.807, 2.05) is 0 Å². The van der Waals surface area contributed by atoms with E-state index in [4.69, 9.17) is 11.6 Å². The molecule has 0 radical (unpaired) electrons. The molecule has 0 aliphatic rings. The first-order chi connectivity index (χ1) is 6.67. The number of nitrogens with one attached hydrogen (secondary N) is 1. The van der Waals surface area contributed by atoms with Crippen molar-refractivity contribution >= 4 is 23.3 Å². The van der Waals surface area contributed by atoms with Crippen molar-refractivity contribution in [1.29, 1.82) is 0 Å². The van der Waals surface area contributed by atoms with Gasteiger partial charge in [-0.05, 0) is 11.6 Å². The Morgan fingerprint density at radius 3 is 3.00 bits per heavy atom. The normalized spacial score (nSPS) is 9.64. The van der Waals surface area contributed by atoms with Gasteiger partial charge in [-0.1, -0.05) is 11.6 Å². The number of aromatic nitrogens is 1. The smallest absolute Gasteiger partial charge is 0.310 e. The molecule has 0 aromatic carbocycles. The van der Waals surface area contributed by atoms with Gasteiger partial charge in [0.25, 0.3) is 0 Å². The molecule has 0 aliphatic carbocycles. The van der Waals surface area contributed by atoms with E-state index in [-0.39, 0.29) is 12.4 Å². The summed E-state index contributed by atoms with van der Waals surface area (Å²) in [5.74, 6) is -0.302. The second kappa shape index (κ2) is 4.81. The monoisotopic (exact) mass is 214 g/mol. The maximum Gasteiger partial charge on any atom is 0.310 e. The summed E-state index contributed by atoms with van der Waals surface area (Å²) >= 11 is 5.71. The number of methoxy groups -OCH3 is 1. The highest BCUT2D eigenvalue weighted by atomic mass is 35.5. The van der Waals surface area contributed by atoms with Gasteiger partial charge in [-0.25, -0.2) is 4.98 Å². The van der Waals surface area contributed by atoms with Crippen LogP contribution in [0.4, 0.5) is 5.69 Å². The van der Waals surface area contributed by atoms with Crippen LogP contribution in [-0.2, 0) is 16.0 Å². The molecule has 1 N–H and O–H groups in total. The molecule has 0 fully saturated rings. The first-order valence-electron chi connectivity index (χ1n) is 4.06. The Bertz CT molecular complexity index is 342. The Balaban J connectivity index is 2.93. The van der Waals surface area contributed by atoms with E-state index in [9.17, 15) is 4.79 Å². The molecule has 5 heteroatoms. The third kappa shape index (κ3) is 2.60. The highest BCUT2D eigenvalue weighted by molar-refractivity contribution is 6.29. The van der Waals surface area contributed by atoms with Crippen LogP contribution in [0.1, 0.15) is 5.56 Å². The number of esters is 1. The van der Waals surface area contributed by atoms with Crippen LogP contribution in [0.5, 0.6) is 0 Å². The van der Waals surface area contributed by atoms with Gasteiger partial charge in [-0.3, -0.25) is 4.79 Å². The summed E-state index contributed by atoms with van der Waals surface area (Å²) in [6.07, 6.45) is 1.77. The Morgan fingerprint density at radius 1 is 1.71 bits per heavy atom. The molecule has 0 saturated carbocycles. The van der Waals surface area contributed by atoms with E-state index in [0.717, 1.165) is 11.3 Å². The fourth-order valence-corrected chi connectivity index (χ4v) is 1.25. The first kappa shape index (κ1) is 10.8. The van der Waals surface area contributed by atoms with Crippen LogP contribution in [0, 0.1) is 0 Å². The zero-order valence-corrected chi connectivity index (χ0v) is 8.76. The second-order valence-electron chi connectivity index (χ2n) is 2.67. The number of rotatable bonds is 3. The summed E-state index contributed by atoms with van der Waals surface area (Å²) in [7, 11) is 3.11. The van der Waals surface area contributed by atoms with E-state index < -0.39 is 0 Å². The van der Waals surface area contributed by atoms with Gasteiger partial charge in [-0.15, -0.1) is 0 Å². The van der Waals surface area contributed by atoms with Crippen molar-refractivity contribution in [1.82, 2.24) is 4.98 Å². The van der Waals surface area contributed by atoms with Crippen molar-refractivity contribution in [3.05, 3.63) is 23.0 Å². The molecule has 0 spiro atoms. The molecular formula is C9H11ClN2O2. The number of hydrogen-bond donors (Lipinski definition) is 1. The molecule has 1 heterocycles. The number of carbonyl (C=O) groups excluding carboxylic acids is 1. The van der Waals surface area contributed by atoms with Crippen LogP contribution in [0.15, 0.2) is 12.3 Å². The number of nitrogens with zero attached hydrogens (tertiary/aromatic N) is 1. The van der Waals surface area contributed by atoms with Crippen LogP contribution in [0.25, 0.3) is 0 Å². The number of anilines is 1. The van der Waals surface area contributed by atoms with Gasteiger partial charge < -0.3 is 10.1 Å². The van der Waals surface area contributed by atoms with Crippen molar-refractivity contribution in [2.75, 3.05) is 19.5 Å². The van der Waals surface area contributed by atoms with Crippen molar-refractivity contribution in [2.24, 2.45) is 0 Å². The van der Waals surface area contributed by atoms with Gasteiger partial charge >= 0.3 is 5.97 Å². The Morgan fingerprint density at radius 2 is 2.43 bits per heavy atom. The minimum absolute atomic E-state index is 0.189. The maximum atomic E-state index is 11.0. The largest absolute Gasteiger partial charge is 0.469 e. The lowest BCUT2D eigenvalue weighted by Crippen LogP contribution is -2.07. The van der Waals surface area contributed by atoms with Crippen LogP contribution >= 0.6 is 11.6 Å². The second-order valence-corrected chi connectivity index (χ2v) is 3.05. The summed E-state index contributed by atoms with van der Waals surface area (Å²) in [4.78, 5) is 14.9. The first-order valence-corrected chi connectivity index (χ1v) is 4.44. The lowest BCUT2D eigenvalue weighted by atomic mass is 10.1. The van der Waals surface area contributed by atoms with Crippen LogP contribution in [0.2, 0.25) is 5.15 Å². The summed E-state index contributed by atoms with van der Waals surface area (Å²) in [6, 6.07) is 1.64. The molecule has 4 nitrogen and oxygen atoms in total. The standard InChI is InChI=1S/C9H11ClN2O2/c1-11-7-5-12-8(10)3-6(7)4-9(13)14-2/h3,5,11H,4H2,1-2H3. The number of carbonyl (C=O) groups is 1. The van der Waals surface area contributed by atoms with E-state index >= 15 is 0 Å². The van der Waals surface area contributed by atoms with Gasteiger partial charge in [-0.2, -0.15) is 0 Å². The van der Waals surface area contributed by atoms with Crippen molar-refractivity contribution < 1.29 is 9.53 Å². The molecule has 0 atom stereocenters. The van der Waals surface area contributed by atoms with E-state index in [2.05, 4.69) is 15.0 Å². The molecule has 1 aromatic heterocycles.